The van der Waals surface area contributed by atoms with E-state index in [-0.39, 0.29) is 17.0 Å². The zero-order valence-electron chi connectivity index (χ0n) is 8.36. The van der Waals surface area contributed by atoms with Gasteiger partial charge in [0.2, 0.25) is 0 Å². The van der Waals surface area contributed by atoms with Crippen molar-refractivity contribution in [1.29, 1.82) is 0 Å². The highest BCUT2D eigenvalue weighted by atomic mass is 16.6. The molecule has 0 atom stereocenters. The summed E-state index contributed by atoms with van der Waals surface area (Å²) in [5, 5.41) is 23.4. The van der Waals surface area contributed by atoms with Crippen LogP contribution in [0.5, 0.6) is 5.75 Å². The maximum absolute atomic E-state index is 10.6. The van der Waals surface area contributed by atoms with Crippen molar-refractivity contribution in [3.05, 3.63) is 33.9 Å². The molecule has 0 saturated heterocycles. The Hall–Kier alpha value is -1.62. The first kappa shape index (κ1) is 9.92. The molecule has 15 heavy (non-hydrogen) atoms. The van der Waals surface area contributed by atoms with E-state index in [9.17, 15) is 15.2 Å². The highest BCUT2D eigenvalue weighted by molar-refractivity contribution is 5.48. The van der Waals surface area contributed by atoms with Crippen LogP contribution in [-0.4, -0.2) is 17.1 Å². The summed E-state index contributed by atoms with van der Waals surface area (Å²) >= 11 is 0. The maximum Gasteiger partial charge on any atom is 0.270 e. The van der Waals surface area contributed by atoms with Crippen LogP contribution in [0.15, 0.2) is 18.2 Å². The van der Waals surface area contributed by atoms with Gasteiger partial charge in [0.05, 0.1) is 4.92 Å². The van der Waals surface area contributed by atoms with Crippen molar-refractivity contribution in [2.24, 2.45) is 0 Å². The largest absolute Gasteiger partial charge is 0.508 e. The van der Waals surface area contributed by atoms with E-state index in [1.54, 1.807) is 7.05 Å². The van der Waals surface area contributed by atoms with Gasteiger partial charge in [-0.3, -0.25) is 10.1 Å². The second-order valence-electron chi connectivity index (χ2n) is 3.79. The monoisotopic (exact) mass is 208 g/mol. The quantitative estimate of drug-likeness (QED) is 0.583. The maximum atomic E-state index is 10.6. The number of phenols is 1. The molecule has 0 amide bonds. The molecule has 2 N–H and O–H groups in total. The lowest BCUT2D eigenvalue weighted by Gasteiger charge is -2.15. The van der Waals surface area contributed by atoms with Crippen molar-refractivity contribution >= 4 is 5.69 Å². The second-order valence-corrected chi connectivity index (χ2v) is 3.79. The lowest BCUT2D eigenvalue weighted by molar-refractivity contribution is -0.385. The van der Waals surface area contributed by atoms with E-state index in [0.717, 1.165) is 12.8 Å². The zero-order valence-corrected chi connectivity index (χ0v) is 8.36. The summed E-state index contributed by atoms with van der Waals surface area (Å²) < 4.78 is 0. The van der Waals surface area contributed by atoms with Crippen molar-refractivity contribution in [3.63, 3.8) is 0 Å². The Kier molecular flexibility index (Phi) is 2.12. The smallest absolute Gasteiger partial charge is 0.270 e. The van der Waals surface area contributed by atoms with Gasteiger partial charge in [-0.05, 0) is 26.0 Å². The molecule has 0 radical (unpaired) electrons. The minimum absolute atomic E-state index is 0.0179. The van der Waals surface area contributed by atoms with Crippen LogP contribution in [0.2, 0.25) is 0 Å². The third-order valence-electron chi connectivity index (χ3n) is 2.94. The summed E-state index contributed by atoms with van der Waals surface area (Å²) in [5.74, 6) is 0.118. The second kappa shape index (κ2) is 3.20. The molecule has 1 saturated carbocycles. The fourth-order valence-corrected chi connectivity index (χ4v) is 1.80. The number of hydrogen-bond acceptors (Lipinski definition) is 4. The first-order valence-corrected chi connectivity index (χ1v) is 4.76. The topological polar surface area (TPSA) is 75.4 Å². The minimum atomic E-state index is -0.450. The van der Waals surface area contributed by atoms with Crippen LogP contribution in [-0.2, 0) is 5.54 Å². The molecule has 80 valence electrons. The van der Waals surface area contributed by atoms with Crippen molar-refractivity contribution < 1.29 is 10.0 Å². The summed E-state index contributed by atoms with van der Waals surface area (Å²) in [6, 6.07) is 4.13. The third-order valence-corrected chi connectivity index (χ3v) is 2.94. The molecule has 1 aromatic carbocycles. The van der Waals surface area contributed by atoms with E-state index in [1.807, 2.05) is 0 Å². The van der Waals surface area contributed by atoms with Gasteiger partial charge in [-0.2, -0.15) is 0 Å². The van der Waals surface area contributed by atoms with E-state index >= 15 is 0 Å². The van der Waals surface area contributed by atoms with Crippen molar-refractivity contribution in [3.8, 4) is 5.75 Å². The minimum Gasteiger partial charge on any atom is -0.508 e. The van der Waals surface area contributed by atoms with Gasteiger partial charge in [0.15, 0.2) is 0 Å². The molecule has 0 spiro atoms. The SMILES string of the molecule is CNC1(c2cc([N+](=O)[O-])ccc2O)CC1. The average Bonchev–Trinajstić information content (AvgIpc) is 2.99. The lowest BCUT2D eigenvalue weighted by Crippen LogP contribution is -2.24. The van der Waals surface area contributed by atoms with Gasteiger partial charge in [0, 0.05) is 23.2 Å². The third kappa shape index (κ3) is 1.55. The Balaban J connectivity index is 2.46. The predicted octanol–water partition coefficient (Wildman–Crippen LogP) is 1.51. The van der Waals surface area contributed by atoms with Crippen LogP contribution < -0.4 is 5.32 Å². The highest BCUT2D eigenvalue weighted by Gasteiger charge is 2.45. The van der Waals surface area contributed by atoms with E-state index in [0.29, 0.717) is 5.56 Å². The van der Waals surface area contributed by atoms with Crippen molar-refractivity contribution in [2.45, 2.75) is 18.4 Å². The molecular formula is C10H12N2O3. The highest BCUT2D eigenvalue weighted by Crippen LogP contribution is 2.49. The van der Waals surface area contributed by atoms with Gasteiger partial charge in [0.1, 0.15) is 5.75 Å². The number of phenolic OH excluding ortho intramolecular Hbond substituents is 1. The molecule has 1 aliphatic rings. The first-order valence-electron chi connectivity index (χ1n) is 4.76. The van der Waals surface area contributed by atoms with Crippen molar-refractivity contribution in [1.82, 2.24) is 5.32 Å². The van der Waals surface area contributed by atoms with E-state index < -0.39 is 4.92 Å². The van der Waals surface area contributed by atoms with Gasteiger partial charge in [-0.25, -0.2) is 0 Å². The van der Waals surface area contributed by atoms with Crippen LogP contribution in [0.3, 0.4) is 0 Å². The number of non-ortho nitro benzene ring substituents is 1. The average molecular weight is 208 g/mol. The molecule has 1 aliphatic carbocycles. The molecule has 0 aliphatic heterocycles. The molecule has 0 aromatic heterocycles. The molecule has 0 heterocycles. The molecule has 0 bridgehead atoms. The fraction of sp³-hybridized carbons (Fsp3) is 0.400. The Morgan fingerprint density at radius 3 is 2.67 bits per heavy atom. The molecule has 5 heteroatoms. The molecule has 1 fully saturated rings. The number of benzene rings is 1. The number of nitrogens with zero attached hydrogens (tertiary/aromatic N) is 1. The van der Waals surface area contributed by atoms with E-state index in [2.05, 4.69) is 5.32 Å². The predicted molar refractivity (Wildman–Crippen MR) is 54.7 cm³/mol. The summed E-state index contributed by atoms with van der Waals surface area (Å²) in [5.41, 5.74) is 0.388. The zero-order chi connectivity index (χ0) is 11.1. The number of nitro benzene ring substituents is 1. The Morgan fingerprint density at radius 1 is 1.53 bits per heavy atom. The lowest BCUT2D eigenvalue weighted by atomic mass is 10.0. The Morgan fingerprint density at radius 2 is 2.20 bits per heavy atom. The summed E-state index contributed by atoms with van der Waals surface area (Å²) in [6.07, 6.45) is 1.80. The fourth-order valence-electron chi connectivity index (χ4n) is 1.80. The Labute approximate surface area is 86.9 Å². The van der Waals surface area contributed by atoms with Crippen LogP contribution in [0.4, 0.5) is 5.69 Å². The summed E-state index contributed by atoms with van der Waals surface area (Å²) in [4.78, 5) is 10.2. The number of rotatable bonds is 3. The molecule has 2 rings (SSSR count). The Bertz CT molecular complexity index is 413. The van der Waals surface area contributed by atoms with Crippen molar-refractivity contribution in [2.75, 3.05) is 7.05 Å². The summed E-state index contributed by atoms with van der Waals surface area (Å²) in [6.45, 7) is 0. The van der Waals surface area contributed by atoms with Crippen LogP contribution >= 0.6 is 0 Å². The number of nitrogens with one attached hydrogen (secondary N) is 1. The van der Waals surface area contributed by atoms with Gasteiger partial charge in [-0.1, -0.05) is 0 Å². The van der Waals surface area contributed by atoms with Gasteiger partial charge < -0.3 is 10.4 Å². The van der Waals surface area contributed by atoms with Gasteiger partial charge in [0.25, 0.3) is 5.69 Å². The molecule has 5 nitrogen and oxygen atoms in total. The van der Waals surface area contributed by atoms with E-state index in [1.165, 1.54) is 18.2 Å². The number of aromatic hydroxyl groups is 1. The summed E-state index contributed by atoms with van der Waals surface area (Å²) in [7, 11) is 1.80. The van der Waals surface area contributed by atoms with Crippen LogP contribution in [0.1, 0.15) is 18.4 Å². The normalized spacial score (nSPS) is 17.4. The number of hydrogen-bond donors (Lipinski definition) is 2. The van der Waals surface area contributed by atoms with E-state index in [4.69, 9.17) is 0 Å². The van der Waals surface area contributed by atoms with Crippen LogP contribution in [0.25, 0.3) is 0 Å². The molecule has 1 aromatic rings. The van der Waals surface area contributed by atoms with Crippen LogP contribution in [0, 0.1) is 10.1 Å². The molecule has 0 unspecified atom stereocenters. The number of nitro groups is 1. The van der Waals surface area contributed by atoms with Gasteiger partial charge >= 0.3 is 0 Å². The first-order chi connectivity index (χ1) is 7.09. The van der Waals surface area contributed by atoms with Gasteiger partial charge in [-0.15, -0.1) is 0 Å². The standard InChI is InChI=1S/C10H12N2O3/c1-11-10(4-5-10)8-6-7(12(14)15)2-3-9(8)13/h2-3,6,11,13H,4-5H2,1H3. The molecular weight excluding hydrogens is 196 g/mol.